The summed E-state index contributed by atoms with van der Waals surface area (Å²) >= 11 is 6.48. The van der Waals surface area contributed by atoms with Gasteiger partial charge in [0.25, 0.3) is 0 Å². The smallest absolute Gasteiger partial charge is 0.227 e. The number of fused-ring (bicyclic) bond motifs is 1. The Kier molecular flexibility index (Phi) is 6.00. The van der Waals surface area contributed by atoms with Gasteiger partial charge in [-0.25, -0.2) is 9.97 Å². The first-order chi connectivity index (χ1) is 16.1. The van der Waals surface area contributed by atoms with Crippen LogP contribution in [-0.2, 0) is 0 Å². The molecule has 2 aromatic rings. The minimum atomic E-state index is -0.404. The molecule has 0 amide bonds. The van der Waals surface area contributed by atoms with Gasteiger partial charge in [0.05, 0.1) is 5.69 Å². The number of allylic oxidation sites excluding steroid dienone is 2. The van der Waals surface area contributed by atoms with Crippen LogP contribution in [0.15, 0.2) is 65.2 Å². The van der Waals surface area contributed by atoms with Gasteiger partial charge in [0, 0.05) is 61.2 Å². The highest BCUT2D eigenvalue weighted by molar-refractivity contribution is 6.29. The van der Waals surface area contributed by atoms with Crippen molar-refractivity contribution in [2.75, 3.05) is 36.4 Å². The number of nitrogens with zero attached hydrogens (tertiary/aromatic N) is 3. The molecule has 1 saturated heterocycles. The van der Waals surface area contributed by atoms with Crippen LogP contribution in [0, 0.1) is 0 Å². The fourth-order valence-corrected chi connectivity index (χ4v) is 5.32. The number of dihydropyridines is 1. The van der Waals surface area contributed by atoms with Gasteiger partial charge in [-0.1, -0.05) is 31.0 Å². The predicted octanol–water partition coefficient (Wildman–Crippen LogP) is 4.07. The van der Waals surface area contributed by atoms with E-state index in [0.717, 1.165) is 67.2 Å². The van der Waals surface area contributed by atoms with Crippen LogP contribution in [0.4, 0.5) is 17.3 Å². The lowest BCUT2D eigenvalue weighted by atomic mass is 9.80. The number of nitrogens with one attached hydrogen (secondary N) is 4. The molecule has 3 aliphatic rings. The summed E-state index contributed by atoms with van der Waals surface area (Å²) in [6.07, 6.45) is 7.72. The van der Waals surface area contributed by atoms with Crippen LogP contribution in [0.2, 0.25) is 0 Å². The molecular weight excluding hydrogens is 434 g/mol. The Morgan fingerprint density at radius 1 is 1.21 bits per heavy atom. The van der Waals surface area contributed by atoms with Crippen molar-refractivity contribution < 1.29 is 0 Å². The summed E-state index contributed by atoms with van der Waals surface area (Å²) < 4.78 is 0. The van der Waals surface area contributed by atoms with E-state index in [1.54, 1.807) is 6.20 Å². The van der Waals surface area contributed by atoms with Crippen molar-refractivity contribution in [1.29, 1.82) is 0 Å². The van der Waals surface area contributed by atoms with E-state index in [2.05, 4.69) is 63.2 Å². The van der Waals surface area contributed by atoms with E-state index in [1.807, 2.05) is 24.4 Å². The third kappa shape index (κ3) is 4.18. The van der Waals surface area contributed by atoms with Crippen LogP contribution < -0.4 is 26.2 Å². The topological polar surface area (TPSA) is 77.1 Å². The fourth-order valence-electron chi connectivity index (χ4n) is 5.00. The van der Waals surface area contributed by atoms with Crippen molar-refractivity contribution in [3.05, 3.63) is 70.9 Å². The van der Waals surface area contributed by atoms with Gasteiger partial charge >= 0.3 is 0 Å². The van der Waals surface area contributed by atoms with Crippen LogP contribution in [0.25, 0.3) is 5.57 Å². The summed E-state index contributed by atoms with van der Waals surface area (Å²) in [5, 5.41) is 14.5. The quantitative estimate of drug-likeness (QED) is 0.481. The van der Waals surface area contributed by atoms with E-state index in [-0.39, 0.29) is 0 Å². The summed E-state index contributed by atoms with van der Waals surface area (Å²) in [5.74, 6) is 0.573. The lowest BCUT2D eigenvalue weighted by Gasteiger charge is -2.38. The molecule has 5 rings (SSSR count). The Morgan fingerprint density at radius 3 is 2.88 bits per heavy atom. The third-order valence-corrected chi connectivity index (χ3v) is 6.66. The largest absolute Gasteiger partial charge is 0.369 e. The van der Waals surface area contributed by atoms with Crippen molar-refractivity contribution in [3.63, 3.8) is 0 Å². The van der Waals surface area contributed by atoms with Crippen LogP contribution in [0.1, 0.15) is 32.4 Å². The van der Waals surface area contributed by atoms with Gasteiger partial charge in [-0.3, -0.25) is 0 Å². The highest BCUT2D eigenvalue weighted by Gasteiger charge is 2.45. The summed E-state index contributed by atoms with van der Waals surface area (Å²) in [5.41, 5.74) is 6.00. The molecule has 4 N–H and O–H groups in total. The van der Waals surface area contributed by atoms with Gasteiger partial charge in [0.15, 0.2) is 0 Å². The van der Waals surface area contributed by atoms with E-state index >= 15 is 0 Å². The SMILES string of the molecule is CCCC12NC(Cl)=CC(C)=C1NC=C2c1ccnc(Nc2cccc(N3CCNCC3)c2)n1. The maximum atomic E-state index is 6.48. The molecule has 1 unspecified atom stereocenters. The van der Waals surface area contributed by atoms with Crippen LogP contribution in [0.3, 0.4) is 0 Å². The molecule has 8 heteroatoms. The molecule has 0 bridgehead atoms. The maximum absolute atomic E-state index is 6.48. The molecule has 0 aliphatic carbocycles. The Labute approximate surface area is 200 Å². The summed E-state index contributed by atoms with van der Waals surface area (Å²) in [7, 11) is 0. The second kappa shape index (κ2) is 9.08. The highest BCUT2D eigenvalue weighted by Crippen LogP contribution is 2.44. The minimum Gasteiger partial charge on any atom is -0.369 e. The molecule has 1 atom stereocenters. The predicted molar refractivity (Wildman–Crippen MR) is 135 cm³/mol. The summed E-state index contributed by atoms with van der Waals surface area (Å²) in [6.45, 7) is 8.31. The molecule has 3 aliphatic heterocycles. The number of benzene rings is 1. The molecule has 4 heterocycles. The first-order valence-corrected chi connectivity index (χ1v) is 12.0. The fraction of sp³-hybridized carbons (Fsp3) is 0.360. The number of rotatable bonds is 6. The van der Waals surface area contributed by atoms with E-state index in [0.29, 0.717) is 11.1 Å². The van der Waals surface area contributed by atoms with Crippen molar-refractivity contribution in [3.8, 4) is 0 Å². The Bertz CT molecular complexity index is 1130. The molecule has 0 saturated carbocycles. The van der Waals surface area contributed by atoms with Crippen molar-refractivity contribution >= 4 is 34.5 Å². The molecule has 1 fully saturated rings. The molecular formula is C25H30ClN7. The number of piperazine rings is 1. The number of anilines is 3. The van der Waals surface area contributed by atoms with Crippen molar-refractivity contribution in [1.82, 2.24) is 25.9 Å². The number of halogens is 1. The van der Waals surface area contributed by atoms with E-state index in [9.17, 15) is 0 Å². The molecule has 172 valence electrons. The average molecular weight is 464 g/mol. The highest BCUT2D eigenvalue weighted by atomic mass is 35.5. The zero-order valence-corrected chi connectivity index (χ0v) is 19.8. The van der Waals surface area contributed by atoms with Gasteiger partial charge < -0.3 is 26.2 Å². The van der Waals surface area contributed by atoms with Crippen LogP contribution >= 0.6 is 11.6 Å². The lowest BCUT2D eigenvalue weighted by Crippen LogP contribution is -2.48. The van der Waals surface area contributed by atoms with Gasteiger partial charge in [-0.2, -0.15) is 0 Å². The van der Waals surface area contributed by atoms with Gasteiger partial charge in [0.1, 0.15) is 10.7 Å². The van der Waals surface area contributed by atoms with Crippen LogP contribution in [-0.4, -0.2) is 41.7 Å². The van der Waals surface area contributed by atoms with Gasteiger partial charge in [-0.15, -0.1) is 0 Å². The van der Waals surface area contributed by atoms with E-state index < -0.39 is 5.54 Å². The molecule has 1 aromatic heterocycles. The maximum Gasteiger partial charge on any atom is 0.227 e. The van der Waals surface area contributed by atoms with Crippen molar-refractivity contribution in [2.45, 2.75) is 32.2 Å². The number of hydrogen-bond acceptors (Lipinski definition) is 7. The molecule has 1 aromatic carbocycles. The first-order valence-electron chi connectivity index (χ1n) is 11.6. The Morgan fingerprint density at radius 2 is 2.06 bits per heavy atom. The zero-order valence-electron chi connectivity index (χ0n) is 19.1. The monoisotopic (exact) mass is 463 g/mol. The van der Waals surface area contributed by atoms with Crippen LogP contribution in [0.5, 0.6) is 0 Å². The standard InChI is InChI=1S/C25H30ClN7/c1-3-8-25-20(16-29-23(25)17(2)14-22(26)32-25)21-7-9-28-24(31-21)30-18-5-4-6-19(15-18)33-12-10-27-11-13-33/h4-7,9,14-16,27,29,32H,3,8,10-13H2,1-2H3,(H,28,30,31). The van der Waals surface area contributed by atoms with Gasteiger partial charge in [0.2, 0.25) is 5.95 Å². The lowest BCUT2D eigenvalue weighted by molar-refractivity contribution is 0.479. The second-order valence-electron chi connectivity index (χ2n) is 8.71. The summed E-state index contributed by atoms with van der Waals surface area (Å²) in [4.78, 5) is 11.8. The van der Waals surface area contributed by atoms with E-state index in [4.69, 9.17) is 16.6 Å². The number of hydrogen-bond donors (Lipinski definition) is 4. The zero-order chi connectivity index (χ0) is 22.8. The first kappa shape index (κ1) is 21.8. The Balaban J connectivity index is 1.42. The number of aromatic nitrogens is 2. The van der Waals surface area contributed by atoms with Gasteiger partial charge in [-0.05, 0) is 49.3 Å². The summed E-state index contributed by atoms with van der Waals surface area (Å²) in [6, 6.07) is 10.4. The molecule has 33 heavy (non-hydrogen) atoms. The van der Waals surface area contributed by atoms with Crippen molar-refractivity contribution in [2.24, 2.45) is 0 Å². The minimum absolute atomic E-state index is 0.404. The normalized spacial score (nSPS) is 22.2. The Hall–Kier alpha value is -3.03. The second-order valence-corrected chi connectivity index (χ2v) is 9.12. The molecule has 0 spiro atoms. The van der Waals surface area contributed by atoms with E-state index in [1.165, 1.54) is 5.69 Å². The molecule has 0 radical (unpaired) electrons. The third-order valence-electron chi connectivity index (χ3n) is 6.46. The average Bonchev–Trinajstić information content (AvgIpc) is 3.19. The molecule has 7 nitrogen and oxygen atoms in total.